The van der Waals surface area contributed by atoms with Crippen LogP contribution in [0.15, 0.2) is 90.0 Å². The lowest BCUT2D eigenvalue weighted by atomic mass is 10.0. The van der Waals surface area contributed by atoms with E-state index in [2.05, 4.69) is 29.5 Å². The number of ketones is 1. The molecule has 1 aliphatic rings. The van der Waals surface area contributed by atoms with Gasteiger partial charge in [0.05, 0.1) is 22.9 Å². The number of carboxylic acid groups (broad SMARTS) is 1. The largest absolute Gasteiger partial charge is 0.481 e. The maximum atomic E-state index is 12.6. The Morgan fingerprint density at radius 2 is 1.47 bits per heavy atom. The van der Waals surface area contributed by atoms with Gasteiger partial charge in [0, 0.05) is 49.8 Å². The Hall–Kier alpha value is -5.35. The molecule has 0 bridgehead atoms. The zero-order valence-corrected chi connectivity index (χ0v) is 35.7. The number of aldehydes is 1. The number of piperazine rings is 1. The van der Waals surface area contributed by atoms with E-state index in [1.807, 2.05) is 49.4 Å². The summed E-state index contributed by atoms with van der Waals surface area (Å²) in [5.41, 5.74) is 2.36. The third kappa shape index (κ3) is 15.7. The van der Waals surface area contributed by atoms with Gasteiger partial charge in [0.1, 0.15) is 12.0 Å². The van der Waals surface area contributed by atoms with E-state index in [9.17, 15) is 32.4 Å². The molecule has 328 valence electrons. The van der Waals surface area contributed by atoms with Crippen LogP contribution in [0.5, 0.6) is 0 Å². The van der Waals surface area contributed by atoms with E-state index in [-0.39, 0.29) is 31.8 Å². The molecule has 14 nitrogen and oxygen atoms in total. The van der Waals surface area contributed by atoms with Crippen LogP contribution in [0.4, 0.5) is 0 Å². The van der Waals surface area contributed by atoms with Crippen molar-refractivity contribution in [2.75, 3.05) is 26.8 Å². The van der Waals surface area contributed by atoms with Crippen molar-refractivity contribution in [3.63, 3.8) is 0 Å². The predicted octanol–water partition coefficient (Wildman–Crippen LogP) is 6.16. The number of hydrogen-bond acceptors (Lipinski definition) is 11. The van der Waals surface area contributed by atoms with Gasteiger partial charge in [-0.15, -0.1) is 0 Å². The van der Waals surface area contributed by atoms with Crippen molar-refractivity contribution in [3.05, 3.63) is 107 Å². The molecular weight excluding hydrogens is 789 g/mol. The molecule has 0 radical (unpaired) electrons. The molecule has 15 heteroatoms. The smallest absolute Gasteiger partial charge is 0.339 e. The minimum Gasteiger partial charge on any atom is -0.481 e. The van der Waals surface area contributed by atoms with Gasteiger partial charge in [0.2, 0.25) is 10.0 Å². The molecule has 60 heavy (non-hydrogen) atoms. The summed E-state index contributed by atoms with van der Waals surface area (Å²) in [6.07, 6.45) is 4.52. The maximum Gasteiger partial charge on any atom is 0.339 e. The van der Waals surface area contributed by atoms with Crippen LogP contribution >= 0.6 is 0 Å². The summed E-state index contributed by atoms with van der Waals surface area (Å²) in [5.74, 6) is -2.99. The molecule has 0 spiro atoms. The Morgan fingerprint density at radius 1 is 0.900 bits per heavy atom. The number of amides is 1. The SMILES string of the molecule is C.CCC(C=O)NC(=O)c1nccc2ccccc12.CCC1CN(S(=O)(=O)c2ccccc2)CC(CC)N1.CO.Cc1cccc(C)c1C(=O)OCC(=O)C(C)CC(=O)O. The number of ether oxygens (including phenoxy) is 1. The highest BCUT2D eigenvalue weighted by atomic mass is 32.2. The van der Waals surface area contributed by atoms with Gasteiger partial charge in [0.25, 0.3) is 5.91 Å². The first-order valence-corrected chi connectivity index (χ1v) is 20.9. The lowest BCUT2D eigenvalue weighted by Crippen LogP contribution is -2.57. The molecule has 3 aromatic carbocycles. The average molecular weight is 851 g/mol. The summed E-state index contributed by atoms with van der Waals surface area (Å²) in [5, 5.41) is 23.5. The monoisotopic (exact) mass is 850 g/mol. The van der Waals surface area contributed by atoms with Gasteiger partial charge in [-0.3, -0.25) is 19.4 Å². The molecule has 1 aliphatic heterocycles. The molecule has 4 atom stereocenters. The number of sulfonamides is 1. The average Bonchev–Trinajstić information content (AvgIpc) is 3.25. The molecule has 1 saturated heterocycles. The van der Waals surface area contributed by atoms with Crippen LogP contribution in [-0.2, 0) is 29.1 Å². The number of aryl methyl sites for hydroxylation is 2. The fraction of sp³-hybridized carbons (Fsp3) is 0.422. The molecule has 1 aromatic heterocycles. The summed E-state index contributed by atoms with van der Waals surface area (Å²) < 4.78 is 31.8. The number of benzene rings is 3. The van der Waals surface area contributed by atoms with Gasteiger partial charge >= 0.3 is 11.9 Å². The second kappa shape index (κ2) is 26.7. The van der Waals surface area contributed by atoms with Crippen LogP contribution in [0.1, 0.15) is 92.8 Å². The summed E-state index contributed by atoms with van der Waals surface area (Å²) >= 11 is 0. The normalized spacial score (nSPS) is 15.7. The summed E-state index contributed by atoms with van der Waals surface area (Å²) in [6.45, 7) is 11.8. The molecule has 0 aliphatic carbocycles. The van der Waals surface area contributed by atoms with Crippen LogP contribution in [0.25, 0.3) is 10.8 Å². The maximum absolute atomic E-state index is 12.6. The summed E-state index contributed by atoms with van der Waals surface area (Å²) in [6, 6.07) is 23.5. The van der Waals surface area contributed by atoms with E-state index in [0.29, 0.717) is 35.7 Å². The van der Waals surface area contributed by atoms with Crippen molar-refractivity contribution in [2.24, 2.45) is 5.92 Å². The van der Waals surface area contributed by atoms with Crippen molar-refractivity contribution in [3.8, 4) is 0 Å². The van der Waals surface area contributed by atoms with Crippen molar-refractivity contribution < 1.29 is 47.3 Å². The number of carbonyl (C=O) groups is 5. The standard InChI is InChI=1S/C15H18O5.C14H22N2O2S.C14H14N2O2.CH4O.CH4/c1-9-5-4-6-10(2)14(9)15(19)20-8-12(16)11(3)7-13(17)18;1-3-12-10-16(11-13(4-2)15-12)19(17,18)14-8-6-5-7-9-14;1-2-11(9-17)16-14(18)13-12-6-4-3-5-10(12)7-8-15-13;1-2;/h4-6,11H,7-8H2,1-3H3,(H,17,18);5-9,12-13,15H,3-4,10-11H2,1-2H3;3-9,11H,2H2,1H3,(H,16,18);2H,1H3;1H4. The fourth-order valence-electron chi connectivity index (χ4n) is 6.07. The molecular formula is C45H62N4O10S. The number of fused-ring (bicyclic) bond motifs is 1. The number of aromatic nitrogens is 1. The van der Waals surface area contributed by atoms with Crippen LogP contribution in [0.3, 0.4) is 0 Å². The second-order valence-electron chi connectivity index (χ2n) is 13.8. The zero-order valence-electron chi connectivity index (χ0n) is 34.9. The van der Waals surface area contributed by atoms with E-state index in [0.717, 1.165) is 48.1 Å². The number of carbonyl (C=O) groups excluding carboxylic acids is 4. The number of pyridine rings is 1. The van der Waals surface area contributed by atoms with E-state index < -0.39 is 46.3 Å². The zero-order chi connectivity index (χ0) is 44.1. The van der Waals surface area contributed by atoms with Crippen LogP contribution < -0.4 is 10.6 Å². The second-order valence-corrected chi connectivity index (χ2v) is 15.8. The highest BCUT2D eigenvalue weighted by Gasteiger charge is 2.33. The number of Topliss-reactive ketones (excluding diaryl/α,β-unsaturated/α-hetero) is 1. The Bertz CT molecular complexity index is 2060. The number of aliphatic hydroxyl groups is 1. The fourth-order valence-corrected chi connectivity index (χ4v) is 7.62. The molecule has 1 fully saturated rings. The minimum absolute atomic E-state index is 0. The van der Waals surface area contributed by atoms with Crippen molar-refractivity contribution in [1.82, 2.24) is 19.9 Å². The van der Waals surface area contributed by atoms with Gasteiger partial charge in [-0.05, 0) is 67.8 Å². The van der Waals surface area contributed by atoms with Crippen molar-refractivity contribution in [1.29, 1.82) is 0 Å². The minimum atomic E-state index is -3.35. The Balaban J connectivity index is 0.000000437. The molecule has 1 amide bonds. The number of nitrogens with one attached hydrogen (secondary N) is 2. The summed E-state index contributed by atoms with van der Waals surface area (Å²) in [7, 11) is -2.35. The third-order valence-corrected chi connectivity index (χ3v) is 11.4. The molecule has 2 heterocycles. The topological polar surface area (TPSA) is 209 Å². The molecule has 4 aromatic rings. The van der Waals surface area contributed by atoms with Crippen LogP contribution in [0.2, 0.25) is 0 Å². The quantitative estimate of drug-likeness (QED) is 0.0831. The van der Waals surface area contributed by atoms with E-state index in [1.165, 1.54) is 6.92 Å². The number of rotatable bonds is 14. The Morgan fingerprint density at radius 3 is 2.00 bits per heavy atom. The lowest BCUT2D eigenvalue weighted by Gasteiger charge is -2.37. The van der Waals surface area contributed by atoms with E-state index in [4.69, 9.17) is 14.9 Å². The first-order chi connectivity index (χ1) is 28.2. The van der Waals surface area contributed by atoms with Gasteiger partial charge in [-0.25, -0.2) is 13.2 Å². The van der Waals surface area contributed by atoms with E-state index >= 15 is 0 Å². The van der Waals surface area contributed by atoms with Crippen LogP contribution in [0, 0.1) is 19.8 Å². The van der Waals surface area contributed by atoms with Gasteiger partial charge < -0.3 is 30.4 Å². The number of carboxylic acids is 1. The Labute approximate surface area is 354 Å². The molecule has 5 rings (SSSR count). The first kappa shape index (κ1) is 52.7. The highest BCUT2D eigenvalue weighted by molar-refractivity contribution is 7.89. The molecule has 4 unspecified atom stereocenters. The summed E-state index contributed by atoms with van der Waals surface area (Å²) in [4.78, 5) is 61.4. The molecule has 4 N–H and O–H groups in total. The van der Waals surface area contributed by atoms with Gasteiger partial charge in [-0.2, -0.15) is 4.31 Å². The number of esters is 1. The number of aliphatic carboxylic acids is 1. The molecule has 0 saturated carbocycles. The third-order valence-electron chi connectivity index (χ3n) is 9.56. The number of aliphatic hydroxyl groups excluding tert-OH is 1. The van der Waals surface area contributed by atoms with Crippen molar-refractivity contribution >= 4 is 50.7 Å². The van der Waals surface area contributed by atoms with E-state index in [1.54, 1.807) is 60.7 Å². The van der Waals surface area contributed by atoms with Gasteiger partial charge in [0.15, 0.2) is 12.4 Å². The predicted molar refractivity (Wildman–Crippen MR) is 233 cm³/mol. The van der Waals surface area contributed by atoms with Crippen LogP contribution in [-0.4, -0.2) is 103 Å². The van der Waals surface area contributed by atoms with Gasteiger partial charge in [-0.1, -0.05) is 95.8 Å². The highest BCUT2D eigenvalue weighted by Crippen LogP contribution is 2.21. The van der Waals surface area contributed by atoms with Crippen molar-refractivity contribution in [2.45, 2.75) is 97.7 Å². The Kier molecular flexibility index (Phi) is 23.4. The first-order valence-electron chi connectivity index (χ1n) is 19.5. The lowest BCUT2D eigenvalue weighted by molar-refractivity contribution is -0.140. The number of nitrogens with zero attached hydrogens (tertiary/aromatic N) is 2. The number of hydrogen-bond donors (Lipinski definition) is 4.